The molecule has 0 radical (unpaired) electrons. The average Bonchev–Trinajstić information content (AvgIpc) is 2.33. The summed E-state index contributed by atoms with van der Waals surface area (Å²) < 4.78 is 10.9. The maximum Gasteiger partial charge on any atom is 0.409 e. The van der Waals surface area contributed by atoms with Gasteiger partial charge in [0.05, 0.1) is 0 Å². The van der Waals surface area contributed by atoms with Gasteiger partial charge >= 0.3 is 6.09 Å². The number of ether oxygens (including phenoxy) is 2. The van der Waals surface area contributed by atoms with Gasteiger partial charge in [0.1, 0.15) is 11.2 Å². The predicted octanol–water partition coefficient (Wildman–Crippen LogP) is 2.79. The first-order chi connectivity index (χ1) is 9.02. The van der Waals surface area contributed by atoms with Crippen LogP contribution in [0.2, 0.25) is 0 Å². The van der Waals surface area contributed by atoms with E-state index in [2.05, 4.69) is 6.58 Å². The van der Waals surface area contributed by atoms with Crippen molar-refractivity contribution in [1.29, 1.82) is 0 Å². The molecule has 0 aromatic carbocycles. The molecule has 0 N–H and O–H groups in total. The van der Waals surface area contributed by atoms with Crippen molar-refractivity contribution >= 4 is 11.9 Å². The summed E-state index contributed by atoms with van der Waals surface area (Å²) in [6, 6.07) is 0. The molecule has 0 unspecified atom stereocenters. The molecule has 0 aliphatic rings. The summed E-state index contributed by atoms with van der Waals surface area (Å²) >= 11 is 0. The van der Waals surface area contributed by atoms with Gasteiger partial charge in [0.15, 0.2) is 5.78 Å². The molecule has 0 rings (SSSR count). The van der Waals surface area contributed by atoms with Crippen molar-refractivity contribution in [3.8, 4) is 0 Å². The van der Waals surface area contributed by atoms with Crippen LogP contribution in [0.25, 0.3) is 0 Å². The van der Waals surface area contributed by atoms with Crippen LogP contribution in [0.4, 0.5) is 4.79 Å². The molecule has 0 saturated carbocycles. The number of hydrogen-bond donors (Lipinski definition) is 0. The Morgan fingerprint density at radius 2 is 1.75 bits per heavy atom. The van der Waals surface area contributed by atoms with Crippen LogP contribution in [0.1, 0.15) is 40.5 Å². The third-order valence-corrected chi connectivity index (χ3v) is 2.89. The molecule has 0 saturated heterocycles. The second-order valence-corrected chi connectivity index (χ2v) is 6.05. The van der Waals surface area contributed by atoms with Crippen molar-refractivity contribution in [2.75, 3.05) is 20.7 Å². The zero-order valence-corrected chi connectivity index (χ0v) is 13.5. The van der Waals surface area contributed by atoms with E-state index in [1.54, 1.807) is 27.9 Å². The molecular formula is C15H27NO4. The molecule has 1 amide bonds. The highest BCUT2D eigenvalue weighted by molar-refractivity contribution is 5.95. The maximum absolute atomic E-state index is 11.5. The molecule has 5 heteroatoms. The molecule has 0 spiro atoms. The molecule has 0 heterocycles. The minimum Gasteiger partial charge on any atom is -0.443 e. The molecule has 0 aromatic rings. The number of rotatable bonds is 8. The Kier molecular flexibility index (Phi) is 6.92. The largest absolute Gasteiger partial charge is 0.443 e. The van der Waals surface area contributed by atoms with Gasteiger partial charge in [-0.3, -0.25) is 4.79 Å². The van der Waals surface area contributed by atoms with E-state index >= 15 is 0 Å². The van der Waals surface area contributed by atoms with Crippen LogP contribution in [0.15, 0.2) is 12.7 Å². The van der Waals surface area contributed by atoms with Crippen LogP contribution in [-0.4, -0.2) is 48.7 Å². The van der Waals surface area contributed by atoms with Crippen molar-refractivity contribution < 1.29 is 19.1 Å². The van der Waals surface area contributed by atoms with Crippen LogP contribution in [0, 0.1) is 0 Å². The minimum atomic E-state index is -0.855. The predicted molar refractivity (Wildman–Crippen MR) is 78.7 cm³/mol. The Labute approximate surface area is 121 Å². The number of carbonyl (C=O) groups excluding carboxylic acids is 2. The molecule has 0 atom stereocenters. The van der Waals surface area contributed by atoms with Crippen LogP contribution in [0.5, 0.6) is 0 Å². The molecule has 20 heavy (non-hydrogen) atoms. The van der Waals surface area contributed by atoms with Crippen LogP contribution >= 0.6 is 0 Å². The zero-order valence-electron chi connectivity index (χ0n) is 13.5. The Morgan fingerprint density at radius 3 is 2.20 bits per heavy atom. The Morgan fingerprint density at radius 1 is 1.20 bits per heavy atom. The van der Waals surface area contributed by atoms with E-state index in [-0.39, 0.29) is 11.9 Å². The van der Waals surface area contributed by atoms with Gasteiger partial charge in [0.2, 0.25) is 0 Å². The topological polar surface area (TPSA) is 55.8 Å². The fourth-order valence-electron chi connectivity index (χ4n) is 1.52. The Bertz CT molecular complexity index is 359. The minimum absolute atomic E-state index is 0.143. The fourth-order valence-corrected chi connectivity index (χ4v) is 1.52. The van der Waals surface area contributed by atoms with Gasteiger partial charge in [-0.15, -0.1) is 0 Å². The lowest BCUT2D eigenvalue weighted by molar-refractivity contribution is -0.135. The number of nitrogens with zero attached hydrogens (tertiary/aromatic N) is 1. The first-order valence-corrected chi connectivity index (χ1v) is 6.73. The van der Waals surface area contributed by atoms with Crippen LogP contribution in [0.3, 0.4) is 0 Å². The summed E-state index contributed by atoms with van der Waals surface area (Å²) in [6.45, 7) is 11.0. The Balaban J connectivity index is 4.14. The highest BCUT2D eigenvalue weighted by Gasteiger charge is 2.27. The van der Waals surface area contributed by atoms with Crippen LogP contribution in [-0.2, 0) is 14.3 Å². The molecule has 5 nitrogen and oxygen atoms in total. The standard InChI is InChI=1S/C15H27NO4/c1-8-12(17)15(4,5)19-11-9-10-14(2,3)20-13(18)16(6)7/h8H,1,9-11H2,2-7H3. The monoisotopic (exact) mass is 285 g/mol. The summed E-state index contributed by atoms with van der Waals surface area (Å²) in [5, 5.41) is 0. The molecule has 0 aromatic heterocycles. The van der Waals surface area contributed by atoms with Gasteiger partial charge in [-0.2, -0.15) is 0 Å². The smallest absolute Gasteiger partial charge is 0.409 e. The van der Waals surface area contributed by atoms with E-state index in [1.165, 1.54) is 11.0 Å². The lowest BCUT2D eigenvalue weighted by atomic mass is 10.0. The molecule has 0 aliphatic carbocycles. The second-order valence-electron chi connectivity index (χ2n) is 6.05. The lowest BCUT2D eigenvalue weighted by Gasteiger charge is -2.28. The van der Waals surface area contributed by atoms with E-state index < -0.39 is 11.2 Å². The summed E-state index contributed by atoms with van der Waals surface area (Å²) in [6.07, 6.45) is 2.26. The van der Waals surface area contributed by atoms with E-state index in [0.717, 1.165) is 0 Å². The molecular weight excluding hydrogens is 258 g/mol. The lowest BCUT2D eigenvalue weighted by Crippen LogP contribution is -2.36. The number of carbonyl (C=O) groups is 2. The summed E-state index contributed by atoms with van der Waals surface area (Å²) in [5.41, 5.74) is -1.41. The van der Waals surface area contributed by atoms with Gasteiger partial charge in [-0.25, -0.2) is 4.79 Å². The van der Waals surface area contributed by atoms with Gasteiger partial charge in [0.25, 0.3) is 0 Å². The first kappa shape index (κ1) is 18.6. The normalized spacial score (nSPS) is 11.9. The number of amides is 1. The molecule has 0 bridgehead atoms. The SMILES string of the molecule is C=CC(=O)C(C)(C)OCCCC(C)(C)OC(=O)N(C)C. The Hall–Kier alpha value is -1.36. The molecule has 0 fully saturated rings. The van der Waals surface area contributed by atoms with E-state index in [4.69, 9.17) is 9.47 Å². The van der Waals surface area contributed by atoms with Crippen molar-refractivity contribution in [1.82, 2.24) is 4.90 Å². The summed E-state index contributed by atoms with van der Waals surface area (Å²) in [5.74, 6) is -0.143. The molecule has 116 valence electrons. The number of hydrogen-bond acceptors (Lipinski definition) is 4. The third kappa shape index (κ3) is 6.70. The first-order valence-electron chi connectivity index (χ1n) is 6.73. The summed E-state index contributed by atoms with van der Waals surface area (Å²) in [7, 11) is 3.29. The molecule has 0 aliphatic heterocycles. The van der Waals surface area contributed by atoms with E-state index in [0.29, 0.717) is 19.4 Å². The van der Waals surface area contributed by atoms with Crippen LogP contribution < -0.4 is 0 Å². The highest BCUT2D eigenvalue weighted by Crippen LogP contribution is 2.19. The van der Waals surface area contributed by atoms with E-state index in [9.17, 15) is 9.59 Å². The van der Waals surface area contributed by atoms with E-state index in [1.807, 2.05) is 13.8 Å². The van der Waals surface area contributed by atoms with Gasteiger partial charge in [-0.1, -0.05) is 6.58 Å². The van der Waals surface area contributed by atoms with Gasteiger partial charge in [-0.05, 0) is 46.6 Å². The highest BCUT2D eigenvalue weighted by atomic mass is 16.6. The zero-order chi connectivity index (χ0) is 16.0. The van der Waals surface area contributed by atoms with Crippen molar-refractivity contribution in [3.05, 3.63) is 12.7 Å². The summed E-state index contributed by atoms with van der Waals surface area (Å²) in [4.78, 5) is 24.4. The number of ketones is 1. The maximum atomic E-state index is 11.5. The van der Waals surface area contributed by atoms with Crippen molar-refractivity contribution in [3.63, 3.8) is 0 Å². The third-order valence-electron chi connectivity index (χ3n) is 2.89. The quantitative estimate of drug-likeness (QED) is 0.508. The van der Waals surface area contributed by atoms with Crippen molar-refractivity contribution in [2.24, 2.45) is 0 Å². The fraction of sp³-hybridized carbons (Fsp3) is 0.733. The average molecular weight is 285 g/mol. The second kappa shape index (κ2) is 7.43. The van der Waals surface area contributed by atoms with Gasteiger partial charge < -0.3 is 14.4 Å². The van der Waals surface area contributed by atoms with Gasteiger partial charge in [0, 0.05) is 20.7 Å². The van der Waals surface area contributed by atoms with Crippen molar-refractivity contribution in [2.45, 2.75) is 51.7 Å².